The van der Waals surface area contributed by atoms with Crippen molar-refractivity contribution in [2.45, 2.75) is 56.7 Å². The SMILES string of the molecule is [C-]#[N+]c1ccc(OC2CC3CCC(C2)N3C(=O)c2ccc(N3CCN(CC4CCNCC4)CC3)cc2)cc1Cl. The number of anilines is 1. The highest BCUT2D eigenvalue weighted by Crippen LogP contribution is 2.39. The molecule has 1 amide bonds. The van der Waals surface area contributed by atoms with Crippen LogP contribution in [0.15, 0.2) is 42.5 Å². The summed E-state index contributed by atoms with van der Waals surface area (Å²) in [5.41, 5.74) is 2.43. The second kappa shape index (κ2) is 11.8. The number of benzene rings is 2. The molecule has 2 bridgehead atoms. The van der Waals surface area contributed by atoms with Gasteiger partial charge in [-0.25, -0.2) is 4.85 Å². The number of ether oxygens (including phenoxy) is 1. The molecule has 2 aromatic rings. The first-order valence-corrected chi connectivity index (χ1v) is 14.9. The molecule has 2 unspecified atom stereocenters. The summed E-state index contributed by atoms with van der Waals surface area (Å²) in [6.07, 6.45) is 6.34. The fraction of sp³-hybridized carbons (Fsp3) is 0.548. The van der Waals surface area contributed by atoms with Gasteiger partial charge >= 0.3 is 0 Å². The topological polar surface area (TPSA) is 52.4 Å². The monoisotopic (exact) mass is 547 g/mol. The maximum atomic E-state index is 13.6. The second-order valence-corrected chi connectivity index (χ2v) is 12.0. The summed E-state index contributed by atoms with van der Waals surface area (Å²) < 4.78 is 6.25. The first kappa shape index (κ1) is 26.4. The molecule has 4 fully saturated rings. The Morgan fingerprint density at radius 1 is 0.974 bits per heavy atom. The maximum absolute atomic E-state index is 13.6. The van der Waals surface area contributed by atoms with Gasteiger partial charge in [0.1, 0.15) is 11.9 Å². The van der Waals surface area contributed by atoms with Crippen LogP contribution < -0.4 is 15.0 Å². The zero-order valence-corrected chi connectivity index (χ0v) is 23.3. The summed E-state index contributed by atoms with van der Waals surface area (Å²) in [4.78, 5) is 24.2. The van der Waals surface area contributed by atoms with Crippen LogP contribution in [0.4, 0.5) is 11.4 Å². The van der Waals surface area contributed by atoms with Crippen molar-refractivity contribution >= 4 is 28.9 Å². The largest absolute Gasteiger partial charge is 0.490 e. The van der Waals surface area contributed by atoms with Crippen molar-refractivity contribution in [2.75, 3.05) is 50.7 Å². The van der Waals surface area contributed by atoms with Crippen LogP contribution in [0.2, 0.25) is 5.02 Å². The molecule has 4 aliphatic heterocycles. The Morgan fingerprint density at radius 3 is 2.31 bits per heavy atom. The van der Waals surface area contributed by atoms with Crippen molar-refractivity contribution in [2.24, 2.45) is 5.92 Å². The zero-order valence-electron chi connectivity index (χ0n) is 22.5. The van der Waals surface area contributed by atoms with Gasteiger partial charge < -0.3 is 19.9 Å². The van der Waals surface area contributed by atoms with E-state index in [0.29, 0.717) is 16.5 Å². The molecule has 4 saturated heterocycles. The average molecular weight is 548 g/mol. The Balaban J connectivity index is 1.02. The molecular formula is C31H38ClN5O2. The molecule has 7 nitrogen and oxygen atoms in total. The van der Waals surface area contributed by atoms with E-state index in [1.165, 1.54) is 25.1 Å². The number of fused-ring (bicyclic) bond motifs is 2. The van der Waals surface area contributed by atoms with Crippen molar-refractivity contribution in [3.05, 3.63) is 64.5 Å². The number of hydrogen-bond donors (Lipinski definition) is 1. The standard InChI is InChI=1S/C31H38ClN5O2/c1-33-30-9-8-27(20-29(30)32)39-28-18-25-6-7-26(19-28)37(25)31(38)23-2-4-24(5-3-23)36-16-14-35(15-17-36)21-22-10-12-34-13-11-22/h2-5,8-9,20,22,25-26,28,34H,6-7,10-19,21H2. The van der Waals surface area contributed by atoms with E-state index in [4.69, 9.17) is 22.9 Å². The van der Waals surface area contributed by atoms with Gasteiger partial charge in [-0.15, -0.1) is 0 Å². The highest BCUT2D eigenvalue weighted by molar-refractivity contribution is 6.33. The first-order valence-electron chi connectivity index (χ1n) is 14.5. The van der Waals surface area contributed by atoms with Crippen LogP contribution >= 0.6 is 11.6 Å². The molecular weight excluding hydrogens is 510 g/mol. The normalized spacial score (nSPS) is 25.9. The Labute approximate surface area is 236 Å². The number of rotatable bonds is 6. The van der Waals surface area contributed by atoms with E-state index in [0.717, 1.165) is 76.4 Å². The Morgan fingerprint density at radius 2 is 1.67 bits per heavy atom. The van der Waals surface area contributed by atoms with Crippen molar-refractivity contribution in [1.82, 2.24) is 15.1 Å². The van der Waals surface area contributed by atoms with E-state index >= 15 is 0 Å². The molecule has 2 aromatic carbocycles. The summed E-state index contributed by atoms with van der Waals surface area (Å²) in [5.74, 6) is 1.67. The predicted octanol–water partition coefficient (Wildman–Crippen LogP) is 5.23. The molecule has 6 rings (SSSR count). The third kappa shape index (κ3) is 5.89. The number of carbonyl (C=O) groups is 1. The fourth-order valence-corrected chi connectivity index (χ4v) is 7.19. The molecule has 206 valence electrons. The molecule has 8 heteroatoms. The quantitative estimate of drug-likeness (QED) is 0.502. The number of halogens is 1. The Bertz CT molecular complexity index is 1190. The molecule has 0 aliphatic carbocycles. The van der Waals surface area contributed by atoms with Crippen LogP contribution in [-0.4, -0.2) is 79.7 Å². The van der Waals surface area contributed by atoms with Crippen molar-refractivity contribution in [1.29, 1.82) is 0 Å². The van der Waals surface area contributed by atoms with Gasteiger partial charge in [-0.05, 0) is 81.1 Å². The van der Waals surface area contributed by atoms with Crippen LogP contribution in [0.1, 0.15) is 48.9 Å². The Hall–Kier alpha value is -2.79. The lowest BCUT2D eigenvalue weighted by Gasteiger charge is -2.39. The molecule has 0 spiro atoms. The van der Waals surface area contributed by atoms with Gasteiger partial charge in [0.25, 0.3) is 5.91 Å². The number of nitrogens with one attached hydrogen (secondary N) is 1. The second-order valence-electron chi connectivity index (χ2n) is 11.6. The Kier molecular flexibility index (Phi) is 7.97. The number of carbonyl (C=O) groups excluding carboxylic acids is 1. The summed E-state index contributed by atoms with van der Waals surface area (Å²) in [6.45, 7) is 15.0. The molecule has 0 radical (unpaired) electrons. The number of hydrogen-bond acceptors (Lipinski definition) is 5. The zero-order chi connectivity index (χ0) is 26.8. The van der Waals surface area contributed by atoms with Crippen LogP contribution in [-0.2, 0) is 0 Å². The van der Waals surface area contributed by atoms with Gasteiger partial charge in [0, 0.05) is 68.9 Å². The summed E-state index contributed by atoms with van der Waals surface area (Å²) in [5, 5.41) is 3.88. The lowest BCUT2D eigenvalue weighted by Crippen LogP contribution is -2.49. The molecule has 0 aromatic heterocycles. The number of piperazine rings is 1. The molecule has 2 atom stereocenters. The van der Waals surface area contributed by atoms with Gasteiger partial charge in [0.2, 0.25) is 5.69 Å². The van der Waals surface area contributed by atoms with Crippen LogP contribution in [0.3, 0.4) is 0 Å². The maximum Gasteiger partial charge on any atom is 0.254 e. The van der Waals surface area contributed by atoms with Gasteiger partial charge in [-0.1, -0.05) is 17.7 Å². The van der Waals surface area contributed by atoms with Crippen LogP contribution in [0, 0.1) is 12.5 Å². The van der Waals surface area contributed by atoms with E-state index in [9.17, 15) is 4.79 Å². The molecule has 0 saturated carbocycles. The summed E-state index contributed by atoms with van der Waals surface area (Å²) in [7, 11) is 0. The highest BCUT2D eigenvalue weighted by atomic mass is 35.5. The van der Waals surface area contributed by atoms with Gasteiger partial charge in [0.05, 0.1) is 11.6 Å². The third-order valence-corrected chi connectivity index (χ3v) is 9.40. The molecule has 39 heavy (non-hydrogen) atoms. The van der Waals surface area contributed by atoms with Gasteiger partial charge in [-0.2, -0.15) is 0 Å². The summed E-state index contributed by atoms with van der Waals surface area (Å²) >= 11 is 6.20. The number of piperidine rings is 2. The predicted molar refractivity (Wildman–Crippen MR) is 155 cm³/mol. The fourth-order valence-electron chi connectivity index (χ4n) is 6.98. The molecule has 4 heterocycles. The lowest BCUT2D eigenvalue weighted by molar-refractivity contribution is 0.0359. The van der Waals surface area contributed by atoms with E-state index in [2.05, 4.69) is 37.0 Å². The van der Waals surface area contributed by atoms with E-state index < -0.39 is 0 Å². The molecule has 4 aliphatic rings. The van der Waals surface area contributed by atoms with Crippen LogP contribution in [0.25, 0.3) is 4.85 Å². The first-order chi connectivity index (χ1) is 19.1. The minimum atomic E-state index is 0.0530. The van der Waals surface area contributed by atoms with Gasteiger partial charge in [0.15, 0.2) is 0 Å². The van der Waals surface area contributed by atoms with E-state index in [1.54, 1.807) is 12.1 Å². The van der Waals surface area contributed by atoms with Crippen molar-refractivity contribution < 1.29 is 9.53 Å². The minimum absolute atomic E-state index is 0.0530. The highest BCUT2D eigenvalue weighted by Gasteiger charge is 2.44. The van der Waals surface area contributed by atoms with Crippen molar-refractivity contribution in [3.63, 3.8) is 0 Å². The average Bonchev–Trinajstić information content (AvgIpc) is 3.23. The number of nitrogens with zero attached hydrogens (tertiary/aromatic N) is 4. The summed E-state index contributed by atoms with van der Waals surface area (Å²) in [6, 6.07) is 13.9. The van der Waals surface area contributed by atoms with Gasteiger partial charge in [-0.3, -0.25) is 9.69 Å². The number of amides is 1. The van der Waals surface area contributed by atoms with Crippen LogP contribution in [0.5, 0.6) is 5.75 Å². The van der Waals surface area contributed by atoms with E-state index in [1.807, 2.05) is 18.2 Å². The molecule has 1 N–H and O–H groups in total. The van der Waals surface area contributed by atoms with E-state index in [-0.39, 0.29) is 24.1 Å². The minimum Gasteiger partial charge on any atom is -0.490 e. The lowest BCUT2D eigenvalue weighted by atomic mass is 9.97. The van der Waals surface area contributed by atoms with Crippen molar-refractivity contribution in [3.8, 4) is 5.75 Å². The third-order valence-electron chi connectivity index (χ3n) is 9.09. The smallest absolute Gasteiger partial charge is 0.254 e.